The van der Waals surface area contributed by atoms with Crippen LogP contribution in [0.5, 0.6) is 0 Å². The molecule has 2 aromatic rings. The third-order valence-corrected chi connectivity index (χ3v) is 5.98. The molecule has 0 fully saturated rings. The first-order valence-electron chi connectivity index (χ1n) is 8.23. The third-order valence-electron chi connectivity index (χ3n) is 4.29. The highest BCUT2D eigenvalue weighted by Crippen LogP contribution is 2.47. The Morgan fingerprint density at radius 1 is 1.37 bits per heavy atom. The van der Waals surface area contributed by atoms with Gasteiger partial charge in [0.2, 0.25) is 0 Å². The van der Waals surface area contributed by atoms with Crippen LogP contribution in [-0.2, 0) is 6.61 Å². The zero-order valence-corrected chi connectivity index (χ0v) is 15.9. The molecule has 2 heterocycles. The first kappa shape index (κ1) is 19.6. The molecule has 0 aliphatic carbocycles. The van der Waals surface area contributed by atoms with Crippen LogP contribution >= 0.6 is 23.4 Å². The van der Waals surface area contributed by atoms with Gasteiger partial charge in [-0.05, 0) is 35.4 Å². The molecule has 5 N–H and O–H groups in total. The molecule has 0 saturated heterocycles. The molecule has 0 bridgehead atoms. The van der Waals surface area contributed by atoms with Crippen molar-refractivity contribution in [1.82, 2.24) is 4.98 Å². The minimum Gasteiger partial charge on any atom is -0.390 e. The van der Waals surface area contributed by atoms with E-state index in [2.05, 4.69) is 9.98 Å². The number of benzene rings is 1. The van der Waals surface area contributed by atoms with Crippen LogP contribution in [0.25, 0.3) is 4.91 Å². The lowest BCUT2D eigenvalue weighted by molar-refractivity contribution is 0.137. The van der Waals surface area contributed by atoms with Gasteiger partial charge >= 0.3 is 0 Å². The number of amidine groups is 1. The second-order valence-electron chi connectivity index (χ2n) is 6.02. The summed E-state index contributed by atoms with van der Waals surface area (Å²) < 4.78 is 0. The van der Waals surface area contributed by atoms with Crippen LogP contribution < -0.4 is 5.73 Å². The Morgan fingerprint density at radius 3 is 2.78 bits per heavy atom. The number of aliphatic hydroxyl groups is 2. The molecule has 27 heavy (non-hydrogen) atoms. The van der Waals surface area contributed by atoms with Gasteiger partial charge in [-0.2, -0.15) is 0 Å². The SMILES string of the molecule is N=CN=C(N)C1SC(c2ccnc(CO)c2)=CC1C(O)c1ccc(Cl)cc1. The van der Waals surface area contributed by atoms with Crippen LogP contribution in [0.15, 0.2) is 53.7 Å². The molecule has 0 radical (unpaired) electrons. The number of rotatable bonds is 6. The van der Waals surface area contributed by atoms with Gasteiger partial charge in [-0.25, -0.2) is 4.99 Å². The molecular weight excluding hydrogens is 384 g/mol. The molecule has 0 amide bonds. The van der Waals surface area contributed by atoms with Gasteiger partial charge in [0.05, 0.1) is 23.7 Å². The predicted molar refractivity (Wildman–Crippen MR) is 110 cm³/mol. The number of halogens is 1. The highest BCUT2D eigenvalue weighted by atomic mass is 35.5. The van der Waals surface area contributed by atoms with E-state index in [1.807, 2.05) is 12.1 Å². The number of nitrogens with zero attached hydrogens (tertiary/aromatic N) is 2. The molecule has 0 spiro atoms. The van der Waals surface area contributed by atoms with E-state index in [-0.39, 0.29) is 23.6 Å². The van der Waals surface area contributed by atoms with Crippen LogP contribution in [0.3, 0.4) is 0 Å². The topological polar surface area (TPSA) is 116 Å². The van der Waals surface area contributed by atoms with Gasteiger partial charge < -0.3 is 15.9 Å². The standard InChI is InChI=1S/C19H19ClN4O2S/c20-13-3-1-11(2-4-13)17(26)15-8-16(27-18(15)19(22)24-10-21)12-5-6-23-14(7-12)9-25/h1-8,10,15,17-18,25-26H,9H2,(H3,21,22,24). The molecule has 140 valence electrons. The van der Waals surface area contributed by atoms with Crippen molar-refractivity contribution in [3.63, 3.8) is 0 Å². The van der Waals surface area contributed by atoms with E-state index in [4.69, 9.17) is 22.7 Å². The Bertz CT molecular complexity index is 886. The molecule has 3 atom stereocenters. The summed E-state index contributed by atoms with van der Waals surface area (Å²) in [5.41, 5.74) is 8.25. The summed E-state index contributed by atoms with van der Waals surface area (Å²) in [6.07, 6.45) is 3.68. The largest absolute Gasteiger partial charge is 0.390 e. The molecule has 1 aliphatic heterocycles. The summed E-state index contributed by atoms with van der Waals surface area (Å²) in [6, 6.07) is 10.7. The molecule has 3 unspecified atom stereocenters. The number of pyridine rings is 1. The number of aliphatic hydroxyl groups excluding tert-OH is 2. The number of aromatic nitrogens is 1. The first-order chi connectivity index (χ1) is 13.0. The summed E-state index contributed by atoms with van der Waals surface area (Å²) in [4.78, 5) is 8.92. The van der Waals surface area contributed by atoms with Gasteiger partial charge in [-0.15, -0.1) is 11.8 Å². The normalized spacial score (nSPS) is 21.0. The molecule has 1 aromatic heterocycles. The van der Waals surface area contributed by atoms with Gasteiger partial charge in [0.1, 0.15) is 12.2 Å². The minimum absolute atomic E-state index is 0.149. The van der Waals surface area contributed by atoms with E-state index in [0.29, 0.717) is 10.7 Å². The third kappa shape index (κ3) is 4.39. The number of aliphatic imine (C=N–C) groups is 1. The highest BCUT2D eigenvalue weighted by molar-refractivity contribution is 8.09. The fourth-order valence-electron chi connectivity index (χ4n) is 2.94. The summed E-state index contributed by atoms with van der Waals surface area (Å²) in [7, 11) is 0. The molecule has 1 aromatic carbocycles. The number of hydrogen-bond acceptors (Lipinski definition) is 5. The van der Waals surface area contributed by atoms with Gasteiger partial charge in [-0.1, -0.05) is 29.8 Å². The zero-order valence-electron chi connectivity index (χ0n) is 14.3. The van der Waals surface area contributed by atoms with E-state index in [1.54, 1.807) is 36.5 Å². The Hall–Kier alpha value is -2.19. The smallest absolute Gasteiger partial charge is 0.115 e. The molecule has 8 heteroatoms. The molecule has 3 rings (SSSR count). The van der Waals surface area contributed by atoms with E-state index in [9.17, 15) is 10.2 Å². The van der Waals surface area contributed by atoms with Crippen LogP contribution in [0, 0.1) is 11.3 Å². The van der Waals surface area contributed by atoms with Crippen molar-refractivity contribution in [2.24, 2.45) is 16.6 Å². The maximum Gasteiger partial charge on any atom is 0.115 e. The highest BCUT2D eigenvalue weighted by Gasteiger charge is 2.37. The Labute approximate surface area is 166 Å². The van der Waals surface area contributed by atoms with Crippen LogP contribution in [0.4, 0.5) is 0 Å². The number of hydrogen-bond donors (Lipinski definition) is 4. The van der Waals surface area contributed by atoms with Gasteiger partial charge in [0, 0.05) is 22.0 Å². The maximum atomic E-state index is 10.9. The average molecular weight is 403 g/mol. The lowest BCUT2D eigenvalue weighted by Gasteiger charge is -2.23. The van der Waals surface area contributed by atoms with Crippen molar-refractivity contribution in [2.45, 2.75) is 18.0 Å². The first-order valence-corrected chi connectivity index (χ1v) is 9.49. The van der Waals surface area contributed by atoms with Crippen molar-refractivity contribution in [2.75, 3.05) is 0 Å². The van der Waals surface area contributed by atoms with E-state index < -0.39 is 6.10 Å². The lowest BCUT2D eigenvalue weighted by atomic mass is 9.91. The zero-order chi connectivity index (χ0) is 19.4. The summed E-state index contributed by atoms with van der Waals surface area (Å²) in [6.45, 7) is -0.149. The van der Waals surface area contributed by atoms with Crippen molar-refractivity contribution in [3.05, 3.63) is 70.5 Å². The second-order valence-corrected chi connectivity index (χ2v) is 7.64. The monoisotopic (exact) mass is 402 g/mol. The van der Waals surface area contributed by atoms with E-state index >= 15 is 0 Å². The predicted octanol–water partition coefficient (Wildman–Crippen LogP) is 3.00. The molecular formula is C19H19ClN4O2S. The van der Waals surface area contributed by atoms with Gasteiger partial charge in [0.25, 0.3) is 0 Å². The summed E-state index contributed by atoms with van der Waals surface area (Å²) in [5.74, 6) is -0.0590. The summed E-state index contributed by atoms with van der Waals surface area (Å²) in [5, 5.41) is 27.7. The Kier molecular flexibility index (Phi) is 6.28. The molecule has 6 nitrogen and oxygen atoms in total. The summed E-state index contributed by atoms with van der Waals surface area (Å²) >= 11 is 7.41. The minimum atomic E-state index is -0.809. The van der Waals surface area contributed by atoms with Gasteiger partial charge in [0.15, 0.2) is 0 Å². The Balaban J connectivity index is 1.97. The number of thioether (sulfide) groups is 1. The van der Waals surface area contributed by atoms with Crippen molar-refractivity contribution in [3.8, 4) is 0 Å². The number of nitrogens with one attached hydrogen (secondary N) is 1. The van der Waals surface area contributed by atoms with Crippen LogP contribution in [0.2, 0.25) is 5.02 Å². The lowest BCUT2D eigenvalue weighted by Crippen LogP contribution is -2.33. The number of nitrogens with two attached hydrogens (primary N) is 1. The average Bonchev–Trinajstić information content (AvgIpc) is 3.14. The van der Waals surface area contributed by atoms with Crippen LogP contribution in [-0.4, -0.2) is 32.6 Å². The van der Waals surface area contributed by atoms with Crippen LogP contribution in [0.1, 0.15) is 22.9 Å². The molecule has 0 saturated carbocycles. The fourth-order valence-corrected chi connectivity index (χ4v) is 4.41. The quantitative estimate of drug-likeness (QED) is 0.438. The van der Waals surface area contributed by atoms with Crippen molar-refractivity contribution >= 4 is 40.4 Å². The van der Waals surface area contributed by atoms with E-state index in [0.717, 1.165) is 22.4 Å². The van der Waals surface area contributed by atoms with E-state index in [1.165, 1.54) is 11.8 Å². The second kappa shape index (κ2) is 8.67. The Morgan fingerprint density at radius 2 is 2.11 bits per heavy atom. The molecule has 1 aliphatic rings. The fraction of sp³-hybridized carbons (Fsp3) is 0.211. The maximum absolute atomic E-state index is 10.9. The van der Waals surface area contributed by atoms with Crippen molar-refractivity contribution < 1.29 is 10.2 Å². The van der Waals surface area contributed by atoms with Gasteiger partial charge in [-0.3, -0.25) is 10.4 Å². The van der Waals surface area contributed by atoms with Crippen molar-refractivity contribution in [1.29, 1.82) is 5.41 Å².